The number of hydrogen-bond acceptors (Lipinski definition) is 10. The second-order valence-corrected chi connectivity index (χ2v) is 20.7. The van der Waals surface area contributed by atoms with E-state index in [9.17, 15) is 14.7 Å². The number of carbonyl (C=O) groups is 2. The Morgan fingerprint density at radius 1 is 0.655 bits per heavy atom. The van der Waals surface area contributed by atoms with Gasteiger partial charge in [0.2, 0.25) is 11.8 Å². The molecule has 4 heterocycles. The van der Waals surface area contributed by atoms with Crippen LogP contribution in [0.2, 0.25) is 18.1 Å². The van der Waals surface area contributed by atoms with Gasteiger partial charge in [0.1, 0.15) is 23.1 Å². The zero-order valence-corrected chi connectivity index (χ0v) is 34.5. The van der Waals surface area contributed by atoms with Crippen LogP contribution >= 0.6 is 0 Å². The van der Waals surface area contributed by atoms with Crippen LogP contribution in [0.5, 0.6) is 11.5 Å². The van der Waals surface area contributed by atoms with E-state index in [0.29, 0.717) is 24.7 Å². The highest BCUT2D eigenvalue weighted by atomic mass is 28.4. The molecule has 12 nitrogen and oxygen atoms in total. The molecule has 13 heteroatoms. The van der Waals surface area contributed by atoms with Gasteiger partial charge in [-0.1, -0.05) is 56.2 Å². The minimum atomic E-state index is -1.90. The third-order valence-electron chi connectivity index (χ3n) is 10.5. The number of benzene rings is 2. The highest BCUT2D eigenvalue weighted by Gasteiger charge is 2.39. The minimum Gasteiger partial charge on any atom is -0.542 e. The smallest absolute Gasteiger partial charge is 0.250 e. The van der Waals surface area contributed by atoms with Gasteiger partial charge >= 0.3 is 0 Å². The number of amides is 2. The molecular formula is C42H58N8O4Si. The number of aromatic nitrogens is 2. The maximum Gasteiger partial charge on any atom is 0.250 e. The van der Waals surface area contributed by atoms with Gasteiger partial charge in [-0.3, -0.25) is 19.4 Å². The lowest BCUT2D eigenvalue weighted by atomic mass is 10.2. The van der Waals surface area contributed by atoms with Crippen molar-refractivity contribution in [2.24, 2.45) is 0 Å². The molecule has 0 radical (unpaired) electrons. The van der Waals surface area contributed by atoms with Crippen LogP contribution in [0.15, 0.2) is 85.2 Å². The van der Waals surface area contributed by atoms with E-state index in [-0.39, 0.29) is 22.6 Å². The van der Waals surface area contributed by atoms with Gasteiger partial charge in [0.15, 0.2) is 0 Å². The summed E-state index contributed by atoms with van der Waals surface area (Å²) in [4.78, 5) is 41.9. The van der Waals surface area contributed by atoms with Crippen molar-refractivity contribution < 1.29 is 19.1 Å². The van der Waals surface area contributed by atoms with E-state index < -0.39 is 8.32 Å². The van der Waals surface area contributed by atoms with E-state index in [1.807, 2.05) is 12.1 Å². The summed E-state index contributed by atoms with van der Waals surface area (Å²) < 4.78 is 6.25. The molecule has 0 spiro atoms. The fourth-order valence-electron chi connectivity index (χ4n) is 6.03. The number of anilines is 4. The van der Waals surface area contributed by atoms with Gasteiger partial charge in [-0.2, -0.15) is 0 Å². The van der Waals surface area contributed by atoms with Crippen LogP contribution in [-0.4, -0.2) is 110 Å². The Bertz CT molecular complexity index is 1820. The second-order valence-electron chi connectivity index (χ2n) is 15.9. The van der Waals surface area contributed by atoms with Gasteiger partial charge in [0, 0.05) is 63.7 Å². The molecule has 2 aliphatic heterocycles. The van der Waals surface area contributed by atoms with Crippen molar-refractivity contribution in [1.82, 2.24) is 19.8 Å². The molecule has 3 N–H and O–H groups in total. The number of aryl methyl sites for hydroxylation is 2. The third-order valence-corrected chi connectivity index (χ3v) is 14.8. The maximum absolute atomic E-state index is 12.5. The minimum absolute atomic E-state index is 0.0330. The SMILES string of the molecule is Cc1ccc(N2CCN(CC(=O)Nc3ccc(O)cn3)CC2)cc1.Cc1ccc(N2CCN(CC(=O)Nc3ccc(O[Si](C)(C)C(C)(C)C)cn3)CC2)cc1. The van der Waals surface area contributed by atoms with E-state index in [1.165, 1.54) is 34.8 Å². The van der Waals surface area contributed by atoms with Crippen molar-refractivity contribution in [1.29, 1.82) is 0 Å². The molecule has 0 unspecified atom stereocenters. The molecule has 0 aliphatic carbocycles. The van der Waals surface area contributed by atoms with Crippen molar-refractivity contribution in [3.05, 3.63) is 96.3 Å². The predicted molar refractivity (Wildman–Crippen MR) is 225 cm³/mol. The monoisotopic (exact) mass is 766 g/mol. The lowest BCUT2D eigenvalue weighted by molar-refractivity contribution is -0.118. The first-order valence-electron chi connectivity index (χ1n) is 19.1. The molecule has 2 amide bonds. The Kier molecular flexibility index (Phi) is 13.9. The van der Waals surface area contributed by atoms with Gasteiger partial charge in [-0.05, 0) is 80.5 Å². The molecule has 4 aromatic rings. The number of rotatable bonds is 10. The summed E-state index contributed by atoms with van der Waals surface area (Å²) in [5, 5.41) is 15.0. The van der Waals surface area contributed by atoms with E-state index in [1.54, 1.807) is 12.3 Å². The second kappa shape index (κ2) is 18.6. The molecule has 2 fully saturated rings. The van der Waals surface area contributed by atoms with Gasteiger partial charge in [0.05, 0.1) is 25.5 Å². The Hall–Kier alpha value is -4.98. The molecule has 2 aromatic heterocycles. The molecule has 2 saturated heterocycles. The number of nitrogens with zero attached hydrogens (tertiary/aromatic N) is 6. The molecule has 294 valence electrons. The zero-order chi connectivity index (χ0) is 39.6. The molecule has 2 aromatic carbocycles. The van der Waals surface area contributed by atoms with Crippen molar-refractivity contribution in [2.45, 2.75) is 52.8 Å². The third kappa shape index (κ3) is 12.5. The summed E-state index contributed by atoms with van der Waals surface area (Å²) in [7, 11) is -1.90. The first-order chi connectivity index (χ1) is 26.1. The molecule has 55 heavy (non-hydrogen) atoms. The fraction of sp³-hybridized carbons (Fsp3) is 0.429. The van der Waals surface area contributed by atoms with E-state index in [2.05, 4.69) is 136 Å². The number of hydrogen-bond donors (Lipinski definition) is 3. The highest BCUT2D eigenvalue weighted by molar-refractivity contribution is 6.74. The summed E-state index contributed by atoms with van der Waals surface area (Å²) in [6, 6.07) is 24.0. The Labute approximate surface area is 327 Å². The molecule has 6 rings (SSSR count). The van der Waals surface area contributed by atoms with Crippen LogP contribution in [0.1, 0.15) is 31.9 Å². The first kappa shape index (κ1) is 41.2. The number of pyridine rings is 2. The van der Waals surface area contributed by atoms with E-state index >= 15 is 0 Å². The lowest BCUT2D eigenvalue weighted by Gasteiger charge is -2.36. The average molecular weight is 767 g/mol. The van der Waals surface area contributed by atoms with Crippen LogP contribution in [0.25, 0.3) is 0 Å². The lowest BCUT2D eigenvalue weighted by Crippen LogP contribution is -2.48. The Morgan fingerprint density at radius 2 is 1.07 bits per heavy atom. The highest BCUT2D eigenvalue weighted by Crippen LogP contribution is 2.37. The van der Waals surface area contributed by atoms with Crippen LogP contribution in [-0.2, 0) is 9.59 Å². The molecule has 0 bridgehead atoms. The Balaban J connectivity index is 0.000000218. The standard InChI is InChI=1S/C24H36N4O2Si.C18H22N4O2/c1-19-7-9-20(10-8-19)28-15-13-27(14-16-28)18-23(29)26-22-12-11-21(17-25-22)30-31(5,6)24(2,3)4;1-14-2-4-15(5-3-14)22-10-8-21(9-11-22)13-18(24)20-17-7-6-16(23)12-19-17/h7-12,17H,13-16,18H2,1-6H3,(H,25,26,29);2-7,12,23H,8-11,13H2,1H3,(H,19,20,24). The maximum atomic E-state index is 12.5. The normalized spacial score (nSPS) is 15.5. The summed E-state index contributed by atoms with van der Waals surface area (Å²) in [6.45, 7) is 23.1. The number of carbonyl (C=O) groups excluding carboxylic acids is 2. The number of piperazine rings is 2. The predicted octanol–water partition coefficient (Wildman–Crippen LogP) is 6.39. The van der Waals surface area contributed by atoms with Gasteiger partial charge < -0.3 is 30.0 Å². The molecule has 2 aliphatic rings. The van der Waals surface area contributed by atoms with Crippen molar-refractivity contribution in [3.8, 4) is 11.5 Å². The van der Waals surface area contributed by atoms with E-state index in [0.717, 1.165) is 58.1 Å². The quantitative estimate of drug-likeness (QED) is 0.156. The Morgan fingerprint density at radius 3 is 1.44 bits per heavy atom. The van der Waals surface area contributed by atoms with E-state index in [4.69, 9.17) is 4.43 Å². The molecule has 0 atom stereocenters. The van der Waals surface area contributed by atoms with Crippen molar-refractivity contribution in [2.75, 3.05) is 85.9 Å². The largest absolute Gasteiger partial charge is 0.542 e. The summed E-state index contributed by atoms with van der Waals surface area (Å²) >= 11 is 0. The van der Waals surface area contributed by atoms with Gasteiger partial charge in [-0.15, -0.1) is 0 Å². The van der Waals surface area contributed by atoms with Crippen LogP contribution in [0, 0.1) is 13.8 Å². The van der Waals surface area contributed by atoms with Crippen molar-refractivity contribution >= 4 is 43.1 Å². The summed E-state index contributed by atoms with van der Waals surface area (Å²) in [5.74, 6) is 1.74. The molecular weight excluding hydrogens is 709 g/mol. The van der Waals surface area contributed by atoms with Gasteiger partial charge in [0.25, 0.3) is 8.32 Å². The average Bonchev–Trinajstić information content (AvgIpc) is 3.14. The molecule has 0 saturated carbocycles. The van der Waals surface area contributed by atoms with Crippen LogP contribution in [0.3, 0.4) is 0 Å². The summed E-state index contributed by atoms with van der Waals surface area (Å²) in [6.07, 6.45) is 3.02. The topological polar surface area (TPSA) is 126 Å². The number of aromatic hydroxyl groups is 1. The van der Waals surface area contributed by atoms with Crippen molar-refractivity contribution in [3.63, 3.8) is 0 Å². The zero-order valence-electron chi connectivity index (χ0n) is 33.5. The fourth-order valence-corrected chi connectivity index (χ4v) is 7.05. The first-order valence-corrected chi connectivity index (χ1v) is 22.0. The number of nitrogens with one attached hydrogen (secondary N) is 2. The van der Waals surface area contributed by atoms with Crippen LogP contribution < -0.4 is 24.9 Å². The van der Waals surface area contributed by atoms with Gasteiger partial charge in [-0.25, -0.2) is 9.97 Å². The van der Waals surface area contributed by atoms with Crippen LogP contribution in [0.4, 0.5) is 23.0 Å². The summed E-state index contributed by atoms with van der Waals surface area (Å²) in [5.41, 5.74) is 5.01.